The normalized spacial score (nSPS) is 26.0. The number of carbonyl (C=O) groups excluding carboxylic acids is 1. The minimum Gasteiger partial charge on any atom is -0.396 e. The summed E-state index contributed by atoms with van der Waals surface area (Å²) in [6.45, 7) is 1.66. The van der Waals surface area contributed by atoms with Gasteiger partial charge in [0.25, 0.3) is 0 Å². The molecule has 3 unspecified atom stereocenters. The topological polar surface area (TPSA) is 70.6 Å². The molecule has 25 heavy (non-hydrogen) atoms. The molecule has 0 aromatic heterocycles. The molecule has 3 rings (SSSR count). The molecule has 5 heteroatoms. The molecule has 1 aliphatic carbocycles. The molecule has 1 saturated carbocycles. The van der Waals surface area contributed by atoms with Crippen LogP contribution in [0.1, 0.15) is 50.1 Å². The van der Waals surface area contributed by atoms with Crippen LogP contribution in [0.5, 0.6) is 0 Å². The van der Waals surface area contributed by atoms with Gasteiger partial charge in [-0.3, -0.25) is 0 Å². The first-order valence-corrected chi connectivity index (χ1v) is 9.58. The molecule has 1 heterocycles. The van der Waals surface area contributed by atoms with Crippen molar-refractivity contribution in [2.24, 2.45) is 11.8 Å². The fourth-order valence-electron chi connectivity index (χ4n) is 4.15. The lowest BCUT2D eigenvalue weighted by Gasteiger charge is -2.34. The standard InChI is InChI=1S/C20H30N2O3/c23-14-17-8-4-5-9-18(17)21-20(24)22-19(15-6-2-1-3-7-15)16-10-12-25-13-11-16/h1-3,6-7,16-19,23H,4-5,8-14H2,(H2,21,22,24). The highest BCUT2D eigenvalue weighted by Crippen LogP contribution is 2.30. The van der Waals surface area contributed by atoms with Crippen LogP contribution in [0.3, 0.4) is 0 Å². The zero-order valence-electron chi connectivity index (χ0n) is 14.8. The molecule has 1 aromatic carbocycles. The molecule has 1 aliphatic heterocycles. The van der Waals surface area contributed by atoms with Crippen molar-refractivity contribution >= 4 is 6.03 Å². The summed E-state index contributed by atoms with van der Waals surface area (Å²) in [5.74, 6) is 0.569. The molecule has 5 nitrogen and oxygen atoms in total. The Bertz CT molecular complexity index is 531. The maximum Gasteiger partial charge on any atom is 0.315 e. The third kappa shape index (κ3) is 4.95. The molecular weight excluding hydrogens is 316 g/mol. The molecule has 2 aliphatic rings. The summed E-state index contributed by atoms with van der Waals surface area (Å²) in [5.41, 5.74) is 1.15. The van der Waals surface area contributed by atoms with Crippen molar-refractivity contribution in [1.82, 2.24) is 10.6 Å². The van der Waals surface area contributed by atoms with E-state index in [4.69, 9.17) is 4.74 Å². The van der Waals surface area contributed by atoms with Crippen molar-refractivity contribution in [2.75, 3.05) is 19.8 Å². The van der Waals surface area contributed by atoms with Crippen LogP contribution in [0.15, 0.2) is 30.3 Å². The van der Waals surface area contributed by atoms with E-state index in [1.165, 1.54) is 0 Å². The molecule has 1 aromatic rings. The second kappa shape index (κ2) is 9.20. The average molecular weight is 346 g/mol. The van der Waals surface area contributed by atoms with E-state index in [0.717, 1.165) is 57.3 Å². The summed E-state index contributed by atoms with van der Waals surface area (Å²) in [6, 6.07) is 10.2. The van der Waals surface area contributed by atoms with Gasteiger partial charge < -0.3 is 20.5 Å². The molecule has 3 N–H and O–H groups in total. The Labute approximate surface area is 150 Å². The van der Waals surface area contributed by atoms with Crippen LogP contribution in [-0.2, 0) is 4.74 Å². The summed E-state index contributed by atoms with van der Waals surface area (Å²) in [6.07, 6.45) is 6.11. The Balaban J connectivity index is 1.65. The maximum absolute atomic E-state index is 12.7. The van der Waals surface area contributed by atoms with Gasteiger partial charge in [0.2, 0.25) is 0 Å². The average Bonchev–Trinajstić information content (AvgIpc) is 2.68. The number of hydrogen-bond donors (Lipinski definition) is 3. The second-order valence-electron chi connectivity index (χ2n) is 7.29. The summed E-state index contributed by atoms with van der Waals surface area (Å²) in [5, 5.41) is 15.9. The second-order valence-corrected chi connectivity index (χ2v) is 7.29. The Hall–Kier alpha value is -1.59. The van der Waals surface area contributed by atoms with Gasteiger partial charge in [-0.25, -0.2) is 4.79 Å². The number of urea groups is 1. The third-order valence-corrected chi connectivity index (χ3v) is 5.64. The number of ether oxygens (including phenoxy) is 1. The van der Waals surface area contributed by atoms with Crippen molar-refractivity contribution in [3.05, 3.63) is 35.9 Å². The smallest absolute Gasteiger partial charge is 0.315 e. The van der Waals surface area contributed by atoms with Crippen LogP contribution >= 0.6 is 0 Å². The van der Waals surface area contributed by atoms with Crippen molar-refractivity contribution in [2.45, 2.75) is 50.6 Å². The molecule has 2 fully saturated rings. The van der Waals surface area contributed by atoms with E-state index >= 15 is 0 Å². The number of aliphatic hydroxyl groups excluding tert-OH is 1. The first-order valence-electron chi connectivity index (χ1n) is 9.58. The number of rotatable bonds is 5. The zero-order chi connectivity index (χ0) is 17.5. The highest BCUT2D eigenvalue weighted by atomic mass is 16.5. The molecular formula is C20H30N2O3. The van der Waals surface area contributed by atoms with Gasteiger partial charge in [-0.2, -0.15) is 0 Å². The van der Waals surface area contributed by atoms with Crippen LogP contribution in [0, 0.1) is 11.8 Å². The first-order chi connectivity index (χ1) is 12.3. The number of benzene rings is 1. The number of hydrogen-bond acceptors (Lipinski definition) is 3. The molecule has 0 spiro atoms. The number of nitrogens with one attached hydrogen (secondary N) is 2. The highest BCUT2D eigenvalue weighted by molar-refractivity contribution is 5.75. The minimum atomic E-state index is -0.120. The van der Waals surface area contributed by atoms with Crippen LogP contribution in [0.4, 0.5) is 4.79 Å². The largest absolute Gasteiger partial charge is 0.396 e. The van der Waals surface area contributed by atoms with E-state index in [1.807, 2.05) is 18.2 Å². The fourth-order valence-corrected chi connectivity index (χ4v) is 4.15. The van der Waals surface area contributed by atoms with E-state index in [-0.39, 0.29) is 30.6 Å². The minimum absolute atomic E-state index is 0.00117. The number of aliphatic hydroxyl groups is 1. The quantitative estimate of drug-likeness (QED) is 0.767. The van der Waals surface area contributed by atoms with Gasteiger partial charge >= 0.3 is 6.03 Å². The molecule has 2 amide bonds. The lowest BCUT2D eigenvalue weighted by Crippen LogP contribution is -2.49. The summed E-state index contributed by atoms with van der Waals surface area (Å²) in [7, 11) is 0. The Morgan fingerprint density at radius 3 is 2.56 bits per heavy atom. The van der Waals surface area contributed by atoms with Gasteiger partial charge in [-0.15, -0.1) is 0 Å². The molecule has 1 saturated heterocycles. The predicted octanol–water partition coefficient (Wildman–Crippen LogP) is 3.00. The van der Waals surface area contributed by atoms with Crippen molar-refractivity contribution in [3.8, 4) is 0 Å². The number of amides is 2. The fraction of sp³-hybridized carbons (Fsp3) is 0.650. The molecule has 138 valence electrons. The van der Waals surface area contributed by atoms with Crippen molar-refractivity contribution in [3.63, 3.8) is 0 Å². The van der Waals surface area contributed by atoms with Crippen LogP contribution < -0.4 is 10.6 Å². The molecule has 3 atom stereocenters. The van der Waals surface area contributed by atoms with Gasteiger partial charge in [0, 0.05) is 31.8 Å². The van der Waals surface area contributed by atoms with Crippen LogP contribution in [0.2, 0.25) is 0 Å². The van der Waals surface area contributed by atoms with E-state index in [2.05, 4.69) is 22.8 Å². The Morgan fingerprint density at radius 1 is 1.12 bits per heavy atom. The summed E-state index contributed by atoms with van der Waals surface area (Å²) in [4.78, 5) is 12.7. The molecule has 0 bridgehead atoms. The SMILES string of the molecule is O=C(NC1CCCCC1CO)NC(c1ccccc1)C1CCOCC1. The van der Waals surface area contributed by atoms with E-state index in [1.54, 1.807) is 0 Å². The van der Waals surface area contributed by atoms with Crippen molar-refractivity contribution in [1.29, 1.82) is 0 Å². The summed E-state index contributed by atoms with van der Waals surface area (Å²) >= 11 is 0. The zero-order valence-corrected chi connectivity index (χ0v) is 14.8. The van der Waals surface area contributed by atoms with Crippen LogP contribution in [-0.4, -0.2) is 37.0 Å². The van der Waals surface area contributed by atoms with Gasteiger partial charge in [0.1, 0.15) is 0 Å². The lowest BCUT2D eigenvalue weighted by atomic mass is 9.85. The van der Waals surface area contributed by atoms with E-state index < -0.39 is 0 Å². The van der Waals surface area contributed by atoms with Crippen molar-refractivity contribution < 1.29 is 14.6 Å². The van der Waals surface area contributed by atoms with Gasteiger partial charge in [-0.1, -0.05) is 43.2 Å². The van der Waals surface area contributed by atoms with Gasteiger partial charge in [-0.05, 0) is 37.2 Å². The van der Waals surface area contributed by atoms with Gasteiger partial charge in [0.15, 0.2) is 0 Å². The van der Waals surface area contributed by atoms with E-state index in [0.29, 0.717) is 5.92 Å². The lowest BCUT2D eigenvalue weighted by molar-refractivity contribution is 0.0545. The van der Waals surface area contributed by atoms with E-state index in [9.17, 15) is 9.90 Å². The Kier molecular flexibility index (Phi) is 6.70. The Morgan fingerprint density at radius 2 is 1.84 bits per heavy atom. The number of carbonyl (C=O) groups is 1. The van der Waals surface area contributed by atoms with Crippen LogP contribution in [0.25, 0.3) is 0 Å². The molecule has 0 radical (unpaired) electrons. The summed E-state index contributed by atoms with van der Waals surface area (Å²) < 4.78 is 5.48. The predicted molar refractivity (Wildman–Crippen MR) is 97.2 cm³/mol. The van der Waals surface area contributed by atoms with Gasteiger partial charge in [0.05, 0.1) is 6.04 Å². The highest BCUT2D eigenvalue weighted by Gasteiger charge is 2.29. The maximum atomic E-state index is 12.7. The first kappa shape index (κ1) is 18.2. The third-order valence-electron chi connectivity index (χ3n) is 5.64. The monoisotopic (exact) mass is 346 g/mol.